The number of esters is 1. The van der Waals surface area contributed by atoms with E-state index in [-0.39, 0.29) is 23.9 Å². The van der Waals surface area contributed by atoms with Crippen molar-refractivity contribution in [1.29, 1.82) is 0 Å². The number of benzene rings is 1. The van der Waals surface area contributed by atoms with Crippen molar-refractivity contribution < 1.29 is 17.9 Å². The van der Waals surface area contributed by atoms with E-state index in [9.17, 15) is 13.2 Å². The van der Waals surface area contributed by atoms with E-state index in [1.165, 1.54) is 17.4 Å². The van der Waals surface area contributed by atoms with Gasteiger partial charge in [-0.2, -0.15) is 0 Å². The third-order valence-corrected chi connectivity index (χ3v) is 5.75. The van der Waals surface area contributed by atoms with Crippen LogP contribution in [-0.2, 0) is 32.6 Å². The molecule has 1 N–H and O–H groups in total. The molecular weight excluding hydrogens is 350 g/mol. The lowest BCUT2D eigenvalue weighted by Gasteiger charge is -2.01. The number of amidine groups is 1. The minimum absolute atomic E-state index is 0.0858. The van der Waals surface area contributed by atoms with Crippen molar-refractivity contribution in [3.63, 3.8) is 0 Å². The third-order valence-electron chi connectivity index (χ3n) is 3.31. The Morgan fingerprint density at radius 2 is 2.17 bits per heavy atom. The van der Waals surface area contributed by atoms with Gasteiger partial charge in [0.15, 0.2) is 0 Å². The highest BCUT2D eigenvalue weighted by molar-refractivity contribution is 7.90. The SMILES string of the molecule is CCc1nc(COC(=O)CN=C2NS(=O)(=O)c3ccccc32)cs1. The molecular formula is C15H15N3O4S2. The van der Waals surface area contributed by atoms with Crippen molar-refractivity contribution in [2.75, 3.05) is 6.54 Å². The van der Waals surface area contributed by atoms with Gasteiger partial charge in [-0.3, -0.25) is 14.5 Å². The van der Waals surface area contributed by atoms with E-state index in [1.807, 2.05) is 12.3 Å². The van der Waals surface area contributed by atoms with Crippen LogP contribution in [-0.4, -0.2) is 31.8 Å². The molecule has 0 fully saturated rings. The lowest BCUT2D eigenvalue weighted by atomic mass is 10.2. The van der Waals surface area contributed by atoms with Crippen LogP contribution in [0.3, 0.4) is 0 Å². The number of fused-ring (bicyclic) bond motifs is 1. The van der Waals surface area contributed by atoms with E-state index in [4.69, 9.17) is 4.74 Å². The van der Waals surface area contributed by atoms with E-state index in [0.29, 0.717) is 11.3 Å². The van der Waals surface area contributed by atoms with Crippen molar-refractivity contribution in [3.8, 4) is 0 Å². The second-order valence-electron chi connectivity index (χ2n) is 5.01. The van der Waals surface area contributed by atoms with Gasteiger partial charge in [0.05, 0.1) is 15.6 Å². The molecule has 1 aliphatic rings. The molecule has 3 rings (SSSR count). The summed E-state index contributed by atoms with van der Waals surface area (Å²) >= 11 is 1.52. The van der Waals surface area contributed by atoms with Crippen molar-refractivity contribution in [1.82, 2.24) is 9.71 Å². The summed E-state index contributed by atoms with van der Waals surface area (Å²) in [6.45, 7) is 1.82. The number of rotatable bonds is 5. The van der Waals surface area contributed by atoms with E-state index < -0.39 is 16.0 Å². The second-order valence-corrected chi connectivity index (χ2v) is 7.61. The third kappa shape index (κ3) is 3.46. The summed E-state index contributed by atoms with van der Waals surface area (Å²) in [5.74, 6) is -0.387. The summed E-state index contributed by atoms with van der Waals surface area (Å²) in [4.78, 5) is 20.3. The van der Waals surface area contributed by atoms with E-state index >= 15 is 0 Å². The molecule has 0 unspecified atom stereocenters. The maximum Gasteiger partial charge on any atom is 0.328 e. The summed E-state index contributed by atoms with van der Waals surface area (Å²) in [6, 6.07) is 6.47. The van der Waals surface area contributed by atoms with Gasteiger partial charge in [-0.1, -0.05) is 19.1 Å². The monoisotopic (exact) mass is 365 g/mol. The molecule has 0 bridgehead atoms. The molecule has 0 saturated carbocycles. The summed E-state index contributed by atoms with van der Waals surface area (Å²) in [7, 11) is -3.60. The lowest BCUT2D eigenvalue weighted by Crippen LogP contribution is -2.23. The Morgan fingerprint density at radius 1 is 1.38 bits per heavy atom. The molecule has 2 heterocycles. The van der Waals surface area contributed by atoms with E-state index in [0.717, 1.165) is 11.4 Å². The molecule has 7 nitrogen and oxygen atoms in total. The molecule has 126 valence electrons. The quantitative estimate of drug-likeness (QED) is 0.810. The van der Waals surface area contributed by atoms with Gasteiger partial charge in [0, 0.05) is 10.9 Å². The average Bonchev–Trinajstić information content (AvgIpc) is 3.14. The number of hydrogen-bond donors (Lipinski definition) is 1. The highest BCUT2D eigenvalue weighted by Crippen LogP contribution is 2.22. The van der Waals surface area contributed by atoms with Crippen LogP contribution in [0.15, 0.2) is 39.5 Å². The first-order chi connectivity index (χ1) is 11.5. The van der Waals surface area contributed by atoms with Gasteiger partial charge in [0.2, 0.25) is 0 Å². The van der Waals surface area contributed by atoms with Gasteiger partial charge in [-0.15, -0.1) is 11.3 Å². The van der Waals surface area contributed by atoms with E-state index in [2.05, 4.69) is 14.7 Å². The molecule has 0 aliphatic carbocycles. The number of aryl methyl sites for hydroxylation is 1. The molecule has 0 atom stereocenters. The van der Waals surface area contributed by atoms with Crippen LogP contribution >= 0.6 is 11.3 Å². The molecule has 2 aromatic rings. The first-order valence-corrected chi connectivity index (χ1v) is 9.61. The number of carbonyl (C=O) groups excluding carboxylic acids is 1. The number of nitrogens with zero attached hydrogens (tertiary/aromatic N) is 2. The molecule has 0 saturated heterocycles. The van der Waals surface area contributed by atoms with Crippen LogP contribution in [0.25, 0.3) is 0 Å². The average molecular weight is 365 g/mol. The number of nitrogens with one attached hydrogen (secondary N) is 1. The minimum atomic E-state index is -3.60. The van der Waals surface area contributed by atoms with Crippen molar-refractivity contribution in [2.24, 2.45) is 4.99 Å². The highest BCUT2D eigenvalue weighted by Gasteiger charge is 2.30. The molecule has 0 radical (unpaired) electrons. The Kier molecular flexibility index (Phi) is 4.63. The number of sulfonamides is 1. The Balaban J connectivity index is 1.63. The zero-order valence-corrected chi connectivity index (χ0v) is 14.5. The molecule has 9 heteroatoms. The minimum Gasteiger partial charge on any atom is -0.458 e. The van der Waals surface area contributed by atoms with Crippen molar-refractivity contribution >= 4 is 33.2 Å². The Morgan fingerprint density at radius 3 is 2.92 bits per heavy atom. The van der Waals surface area contributed by atoms with Gasteiger partial charge in [0.25, 0.3) is 10.0 Å². The predicted molar refractivity (Wildman–Crippen MR) is 89.5 cm³/mol. The maximum absolute atomic E-state index is 11.9. The normalized spacial score (nSPS) is 16.6. The van der Waals surface area contributed by atoms with E-state index in [1.54, 1.807) is 18.2 Å². The van der Waals surface area contributed by atoms with Crippen LogP contribution in [0.5, 0.6) is 0 Å². The molecule has 1 aromatic heterocycles. The first-order valence-electron chi connectivity index (χ1n) is 7.25. The van der Waals surface area contributed by atoms with Gasteiger partial charge in [0.1, 0.15) is 19.0 Å². The lowest BCUT2D eigenvalue weighted by molar-refractivity contribution is -0.143. The smallest absolute Gasteiger partial charge is 0.328 e. The Labute approximate surface area is 143 Å². The number of ether oxygens (including phenoxy) is 1. The van der Waals surface area contributed by atoms with Gasteiger partial charge >= 0.3 is 5.97 Å². The standard InChI is InChI=1S/C15H15N3O4S2/c1-2-13-17-10(9-23-13)8-22-14(19)7-16-15-11-5-3-4-6-12(11)24(20,21)18-15/h3-6,9H,2,7-8H2,1H3,(H,16,18). The number of hydrogen-bond acceptors (Lipinski definition) is 7. The summed E-state index contributed by atoms with van der Waals surface area (Å²) in [5.41, 5.74) is 1.15. The fourth-order valence-electron chi connectivity index (χ4n) is 2.17. The van der Waals surface area contributed by atoms with Crippen LogP contribution < -0.4 is 4.72 Å². The van der Waals surface area contributed by atoms with Crippen LogP contribution in [0.4, 0.5) is 0 Å². The first kappa shape index (κ1) is 16.6. The van der Waals surface area contributed by atoms with Gasteiger partial charge in [-0.25, -0.2) is 13.4 Å². The molecule has 24 heavy (non-hydrogen) atoms. The zero-order chi connectivity index (χ0) is 17.2. The van der Waals surface area contributed by atoms with Crippen molar-refractivity contribution in [2.45, 2.75) is 24.8 Å². The van der Waals surface area contributed by atoms with Crippen LogP contribution in [0.1, 0.15) is 23.2 Å². The Bertz CT molecular complexity index is 903. The predicted octanol–water partition coefficient (Wildman–Crippen LogP) is 1.49. The van der Waals surface area contributed by atoms with Gasteiger partial charge in [-0.05, 0) is 18.6 Å². The molecule has 0 amide bonds. The maximum atomic E-state index is 11.9. The molecule has 1 aliphatic heterocycles. The summed E-state index contributed by atoms with van der Waals surface area (Å²) in [5, 5.41) is 2.83. The number of thiazole rings is 1. The largest absolute Gasteiger partial charge is 0.458 e. The number of carbonyl (C=O) groups is 1. The molecule has 0 spiro atoms. The van der Waals surface area contributed by atoms with Crippen LogP contribution in [0, 0.1) is 0 Å². The van der Waals surface area contributed by atoms with Crippen molar-refractivity contribution in [3.05, 3.63) is 45.9 Å². The number of aromatic nitrogens is 1. The fraction of sp³-hybridized carbons (Fsp3) is 0.267. The van der Waals surface area contributed by atoms with Crippen LogP contribution in [0.2, 0.25) is 0 Å². The van der Waals surface area contributed by atoms with Gasteiger partial charge < -0.3 is 4.74 Å². The summed E-state index contributed by atoms with van der Waals surface area (Å²) < 4.78 is 31.3. The highest BCUT2D eigenvalue weighted by atomic mass is 32.2. The Hall–Kier alpha value is -2.26. The second kappa shape index (κ2) is 6.70. The number of aliphatic imine (C=N–C) groups is 1. The fourth-order valence-corrected chi connectivity index (χ4v) is 4.15. The zero-order valence-electron chi connectivity index (χ0n) is 12.9. The topological polar surface area (TPSA) is 97.7 Å². The molecule has 1 aromatic carbocycles. The summed E-state index contributed by atoms with van der Waals surface area (Å²) in [6.07, 6.45) is 0.839.